The molecule has 0 radical (unpaired) electrons. The molecule has 4 heteroatoms. The second-order valence-electron chi connectivity index (χ2n) is 3.25. The lowest BCUT2D eigenvalue weighted by Crippen LogP contribution is -2.24. The number of hydrogen-bond acceptors (Lipinski definition) is 4. The van der Waals surface area contributed by atoms with Crippen LogP contribution >= 0.6 is 0 Å². The molecule has 1 aliphatic carbocycles. The number of ether oxygens (including phenoxy) is 2. The Morgan fingerprint density at radius 1 is 1.85 bits per heavy atom. The van der Waals surface area contributed by atoms with E-state index in [9.17, 15) is 9.90 Å². The van der Waals surface area contributed by atoms with Crippen molar-refractivity contribution in [1.82, 2.24) is 0 Å². The lowest BCUT2D eigenvalue weighted by molar-refractivity contribution is -0.139. The van der Waals surface area contributed by atoms with Crippen molar-refractivity contribution < 1.29 is 19.4 Å². The Balaban J connectivity index is 2.03. The van der Waals surface area contributed by atoms with Gasteiger partial charge in [-0.05, 0) is 13.0 Å². The van der Waals surface area contributed by atoms with Crippen LogP contribution in [0.4, 0.5) is 0 Å². The minimum atomic E-state index is -0.547. The van der Waals surface area contributed by atoms with Gasteiger partial charge in [-0.3, -0.25) is 0 Å². The summed E-state index contributed by atoms with van der Waals surface area (Å²) in [6.45, 7) is 2.12. The number of fused-ring (bicyclic) bond motifs is 1. The van der Waals surface area contributed by atoms with Crippen molar-refractivity contribution in [3.63, 3.8) is 0 Å². The van der Waals surface area contributed by atoms with Crippen molar-refractivity contribution in [3.05, 3.63) is 11.6 Å². The minimum Gasteiger partial charge on any atom is -0.463 e. The summed E-state index contributed by atoms with van der Waals surface area (Å²) in [6, 6.07) is 0. The molecule has 1 aliphatic heterocycles. The van der Waals surface area contributed by atoms with Crippen LogP contribution in [-0.4, -0.2) is 36.0 Å². The van der Waals surface area contributed by atoms with E-state index < -0.39 is 6.10 Å². The van der Waals surface area contributed by atoms with Crippen molar-refractivity contribution >= 4 is 5.97 Å². The molecule has 0 aromatic heterocycles. The monoisotopic (exact) mass is 184 g/mol. The fraction of sp³-hybridized carbons (Fsp3) is 0.667. The summed E-state index contributed by atoms with van der Waals surface area (Å²) < 4.78 is 9.94. The summed E-state index contributed by atoms with van der Waals surface area (Å²) >= 11 is 0. The Labute approximate surface area is 76.1 Å². The predicted octanol–water partition coefficient (Wildman–Crippen LogP) is 0.00790. The third-order valence-electron chi connectivity index (χ3n) is 2.27. The van der Waals surface area contributed by atoms with E-state index in [1.165, 1.54) is 0 Å². The fourth-order valence-electron chi connectivity index (χ4n) is 1.56. The smallest absolute Gasteiger partial charge is 0.333 e. The molecule has 1 heterocycles. The number of aliphatic hydroxyl groups is 1. The van der Waals surface area contributed by atoms with E-state index in [4.69, 9.17) is 9.47 Å². The molecule has 1 N–H and O–H groups in total. The summed E-state index contributed by atoms with van der Waals surface area (Å²) in [5, 5.41) is 9.43. The van der Waals surface area contributed by atoms with Crippen molar-refractivity contribution in [1.29, 1.82) is 0 Å². The first kappa shape index (κ1) is 8.72. The molecule has 0 aromatic carbocycles. The lowest BCUT2D eigenvalue weighted by Gasteiger charge is -2.13. The molecule has 13 heavy (non-hydrogen) atoms. The molecule has 0 amide bonds. The van der Waals surface area contributed by atoms with Gasteiger partial charge in [-0.15, -0.1) is 0 Å². The van der Waals surface area contributed by atoms with Crippen LogP contribution in [0.2, 0.25) is 0 Å². The van der Waals surface area contributed by atoms with Gasteiger partial charge < -0.3 is 14.6 Å². The Morgan fingerprint density at radius 3 is 3.23 bits per heavy atom. The Hall–Kier alpha value is -0.870. The van der Waals surface area contributed by atoms with Crippen LogP contribution in [-0.2, 0) is 14.3 Å². The first-order chi connectivity index (χ1) is 6.22. The number of aliphatic hydroxyl groups excluding tert-OH is 1. The third-order valence-corrected chi connectivity index (χ3v) is 2.27. The normalized spacial score (nSPS) is 36.2. The van der Waals surface area contributed by atoms with E-state index in [0.717, 1.165) is 0 Å². The zero-order valence-electron chi connectivity index (χ0n) is 7.40. The molecule has 0 aromatic rings. The fourth-order valence-corrected chi connectivity index (χ4v) is 1.56. The van der Waals surface area contributed by atoms with Gasteiger partial charge in [0.15, 0.2) is 0 Å². The molecule has 72 valence electrons. The molecule has 2 rings (SSSR count). The second kappa shape index (κ2) is 3.12. The zero-order valence-corrected chi connectivity index (χ0v) is 7.40. The molecule has 1 fully saturated rings. The first-order valence-corrected chi connectivity index (χ1v) is 4.43. The Kier molecular flexibility index (Phi) is 2.09. The van der Waals surface area contributed by atoms with Crippen LogP contribution in [0.3, 0.4) is 0 Å². The van der Waals surface area contributed by atoms with Gasteiger partial charge in [0.05, 0.1) is 12.7 Å². The molecule has 0 spiro atoms. The molecule has 0 unspecified atom stereocenters. The van der Waals surface area contributed by atoms with Crippen LogP contribution in [0, 0.1) is 0 Å². The molecule has 4 nitrogen and oxygen atoms in total. The highest BCUT2D eigenvalue weighted by atomic mass is 16.6. The lowest BCUT2D eigenvalue weighted by atomic mass is 9.97. The van der Waals surface area contributed by atoms with E-state index in [0.29, 0.717) is 18.6 Å². The van der Waals surface area contributed by atoms with Gasteiger partial charge in [-0.25, -0.2) is 4.79 Å². The Morgan fingerprint density at radius 2 is 2.62 bits per heavy atom. The molecule has 0 bridgehead atoms. The Bertz CT molecular complexity index is 258. The van der Waals surface area contributed by atoms with Crippen LogP contribution in [0.5, 0.6) is 0 Å². The highest BCUT2D eigenvalue weighted by Gasteiger charge is 2.47. The van der Waals surface area contributed by atoms with Crippen LogP contribution in [0.15, 0.2) is 11.6 Å². The molecular weight excluding hydrogens is 172 g/mol. The summed E-state index contributed by atoms with van der Waals surface area (Å²) in [7, 11) is 0. The highest BCUT2D eigenvalue weighted by molar-refractivity contribution is 5.89. The predicted molar refractivity (Wildman–Crippen MR) is 44.0 cm³/mol. The molecular formula is C9H12O4. The standard InChI is InChI=1S/C9H12O4/c1-2-12-9(11)5-3-6(10)8-7(4-5)13-8/h4,6-8,10H,2-3H2,1H3/t6-,7-,8+/m1/s1. The van der Waals surface area contributed by atoms with Gasteiger partial charge in [0.25, 0.3) is 0 Å². The number of hydrogen-bond donors (Lipinski definition) is 1. The van der Waals surface area contributed by atoms with Gasteiger partial charge >= 0.3 is 5.97 Å². The van der Waals surface area contributed by atoms with Crippen molar-refractivity contribution in [2.45, 2.75) is 31.7 Å². The number of esters is 1. The van der Waals surface area contributed by atoms with Gasteiger partial charge in [-0.1, -0.05) is 0 Å². The maximum absolute atomic E-state index is 11.3. The quantitative estimate of drug-likeness (QED) is 0.485. The number of rotatable bonds is 2. The van der Waals surface area contributed by atoms with Crippen molar-refractivity contribution in [3.8, 4) is 0 Å². The van der Waals surface area contributed by atoms with Crippen molar-refractivity contribution in [2.24, 2.45) is 0 Å². The maximum Gasteiger partial charge on any atom is 0.333 e. The maximum atomic E-state index is 11.3. The van der Waals surface area contributed by atoms with Gasteiger partial charge in [0.2, 0.25) is 0 Å². The van der Waals surface area contributed by atoms with E-state index >= 15 is 0 Å². The molecule has 0 saturated carbocycles. The van der Waals surface area contributed by atoms with E-state index in [1.807, 2.05) is 0 Å². The van der Waals surface area contributed by atoms with Gasteiger partial charge in [-0.2, -0.15) is 0 Å². The van der Waals surface area contributed by atoms with Gasteiger partial charge in [0, 0.05) is 12.0 Å². The average Bonchev–Trinajstić information content (AvgIpc) is 2.84. The van der Waals surface area contributed by atoms with Crippen LogP contribution < -0.4 is 0 Å². The summed E-state index contributed by atoms with van der Waals surface area (Å²) in [6.07, 6.45) is 1.39. The summed E-state index contributed by atoms with van der Waals surface area (Å²) in [5.41, 5.74) is 0.535. The minimum absolute atomic E-state index is 0.0665. The molecule has 2 aliphatic rings. The largest absolute Gasteiger partial charge is 0.463 e. The highest BCUT2D eigenvalue weighted by Crippen LogP contribution is 2.35. The average molecular weight is 184 g/mol. The number of carbonyl (C=O) groups excluding carboxylic acids is 1. The van der Waals surface area contributed by atoms with Crippen LogP contribution in [0.25, 0.3) is 0 Å². The first-order valence-electron chi connectivity index (χ1n) is 4.43. The number of carbonyl (C=O) groups is 1. The summed E-state index contributed by atoms with van der Waals surface area (Å²) in [5.74, 6) is -0.337. The topological polar surface area (TPSA) is 59.1 Å². The zero-order chi connectivity index (χ0) is 9.42. The second-order valence-corrected chi connectivity index (χ2v) is 3.25. The van der Waals surface area contributed by atoms with Crippen LogP contribution in [0.1, 0.15) is 13.3 Å². The van der Waals surface area contributed by atoms with E-state index in [2.05, 4.69) is 0 Å². The van der Waals surface area contributed by atoms with E-state index in [1.54, 1.807) is 13.0 Å². The third kappa shape index (κ3) is 1.59. The molecule has 1 saturated heterocycles. The number of epoxide rings is 1. The van der Waals surface area contributed by atoms with Crippen molar-refractivity contribution in [2.75, 3.05) is 6.61 Å². The van der Waals surface area contributed by atoms with Gasteiger partial charge in [0.1, 0.15) is 12.2 Å². The molecule has 3 atom stereocenters. The van der Waals surface area contributed by atoms with E-state index in [-0.39, 0.29) is 18.2 Å². The summed E-state index contributed by atoms with van der Waals surface area (Å²) in [4.78, 5) is 11.3. The SMILES string of the molecule is CCOC(=O)C1=C[C@H]2O[C@H]2[C@H](O)C1.